The number of hydrogen-bond donors (Lipinski definition) is 2. The Kier molecular flexibility index (Phi) is 5.81. The molecule has 1 fully saturated rings. The van der Waals surface area contributed by atoms with Gasteiger partial charge in [0.25, 0.3) is 11.8 Å². The lowest BCUT2D eigenvalue weighted by Crippen LogP contribution is -2.37. The van der Waals surface area contributed by atoms with Crippen LogP contribution in [-0.4, -0.2) is 37.6 Å². The van der Waals surface area contributed by atoms with Crippen molar-refractivity contribution in [3.8, 4) is 0 Å². The molecule has 2 amide bonds. The van der Waals surface area contributed by atoms with Gasteiger partial charge < -0.3 is 11.1 Å². The molecule has 0 aromatic heterocycles. The van der Waals surface area contributed by atoms with Crippen LogP contribution in [0.1, 0.15) is 40.5 Å². The van der Waals surface area contributed by atoms with E-state index in [9.17, 15) is 18.0 Å². The molecule has 3 N–H and O–H groups in total. The Morgan fingerprint density at radius 1 is 1.07 bits per heavy atom. The molecule has 0 bridgehead atoms. The van der Waals surface area contributed by atoms with Crippen LogP contribution < -0.4 is 11.1 Å². The van der Waals surface area contributed by atoms with Gasteiger partial charge in [-0.25, -0.2) is 8.42 Å². The minimum Gasteiger partial charge on any atom is -0.366 e. The van der Waals surface area contributed by atoms with Gasteiger partial charge in [0.15, 0.2) is 0 Å². The van der Waals surface area contributed by atoms with Crippen LogP contribution in [0.15, 0.2) is 53.4 Å². The molecular weight excluding hydrogens is 378 g/mol. The van der Waals surface area contributed by atoms with Gasteiger partial charge in [-0.05, 0) is 49.1 Å². The number of benzene rings is 2. The molecule has 1 heterocycles. The molecule has 28 heavy (non-hydrogen) atoms. The highest BCUT2D eigenvalue weighted by atomic mass is 32.2. The molecule has 0 atom stereocenters. The molecule has 7 nitrogen and oxygen atoms in total. The summed E-state index contributed by atoms with van der Waals surface area (Å²) in [6.07, 6.45) is 1.65. The number of rotatable bonds is 5. The molecular formula is C20H23N3O4S. The summed E-state index contributed by atoms with van der Waals surface area (Å²) in [5, 5.41) is 2.62. The van der Waals surface area contributed by atoms with Crippen molar-refractivity contribution in [3.05, 3.63) is 59.7 Å². The summed E-state index contributed by atoms with van der Waals surface area (Å²) in [5.41, 5.74) is 5.97. The summed E-state index contributed by atoms with van der Waals surface area (Å²) in [6.45, 7) is 3.07. The van der Waals surface area contributed by atoms with Crippen molar-refractivity contribution in [2.75, 3.05) is 18.4 Å². The van der Waals surface area contributed by atoms with Gasteiger partial charge in [0.1, 0.15) is 0 Å². The molecule has 2 aromatic rings. The summed E-state index contributed by atoms with van der Waals surface area (Å²) in [7, 11) is -3.66. The standard InChI is InChI=1S/C20H23N3O4S/c1-14-9-11-23(12-10-14)28(26,27)16-6-4-5-15(13-16)20(25)22-18-8-3-2-7-17(18)19(21)24/h2-8,13-14H,9-12H2,1H3,(H2,21,24)(H,22,25). The Bertz CT molecular complexity index is 996. The number of sulfonamides is 1. The summed E-state index contributed by atoms with van der Waals surface area (Å²) in [6, 6.07) is 12.3. The second-order valence-corrected chi connectivity index (χ2v) is 8.92. The van der Waals surface area contributed by atoms with Crippen molar-refractivity contribution in [3.63, 3.8) is 0 Å². The van der Waals surface area contributed by atoms with E-state index in [-0.39, 0.29) is 21.7 Å². The van der Waals surface area contributed by atoms with E-state index >= 15 is 0 Å². The van der Waals surface area contributed by atoms with Crippen LogP contribution in [0.4, 0.5) is 5.69 Å². The van der Waals surface area contributed by atoms with Crippen molar-refractivity contribution in [2.24, 2.45) is 11.7 Å². The van der Waals surface area contributed by atoms with Crippen molar-refractivity contribution in [1.82, 2.24) is 4.31 Å². The van der Waals surface area contributed by atoms with Crippen molar-refractivity contribution < 1.29 is 18.0 Å². The van der Waals surface area contributed by atoms with Crippen LogP contribution in [0, 0.1) is 5.92 Å². The van der Waals surface area contributed by atoms with Gasteiger partial charge in [0.05, 0.1) is 16.1 Å². The zero-order chi connectivity index (χ0) is 20.3. The first-order chi connectivity index (χ1) is 13.3. The molecule has 0 aliphatic carbocycles. The number of carbonyl (C=O) groups is 2. The van der Waals surface area contributed by atoms with Crippen LogP contribution in [0.2, 0.25) is 0 Å². The van der Waals surface area contributed by atoms with Crippen LogP contribution >= 0.6 is 0 Å². The van der Waals surface area contributed by atoms with Crippen LogP contribution in [0.3, 0.4) is 0 Å². The Morgan fingerprint density at radius 3 is 2.43 bits per heavy atom. The average Bonchev–Trinajstić information content (AvgIpc) is 2.68. The van der Waals surface area contributed by atoms with Crippen molar-refractivity contribution in [1.29, 1.82) is 0 Å². The minimum absolute atomic E-state index is 0.0814. The van der Waals surface area contributed by atoms with E-state index in [1.54, 1.807) is 18.2 Å². The second kappa shape index (κ2) is 8.12. The largest absolute Gasteiger partial charge is 0.366 e. The highest BCUT2D eigenvalue weighted by molar-refractivity contribution is 7.89. The summed E-state index contributed by atoms with van der Waals surface area (Å²) in [5.74, 6) is -0.668. The molecule has 8 heteroatoms. The summed E-state index contributed by atoms with van der Waals surface area (Å²) >= 11 is 0. The maximum atomic E-state index is 12.9. The number of nitrogens with zero attached hydrogens (tertiary/aromatic N) is 1. The highest BCUT2D eigenvalue weighted by Gasteiger charge is 2.28. The number of nitrogens with two attached hydrogens (primary N) is 1. The van der Waals surface area contributed by atoms with Gasteiger partial charge in [0.2, 0.25) is 10.0 Å². The van der Waals surface area contributed by atoms with E-state index in [1.165, 1.54) is 34.6 Å². The van der Waals surface area contributed by atoms with Crippen molar-refractivity contribution in [2.45, 2.75) is 24.7 Å². The van der Waals surface area contributed by atoms with Gasteiger partial charge in [0, 0.05) is 18.7 Å². The summed E-state index contributed by atoms with van der Waals surface area (Å²) < 4.78 is 27.3. The number of carbonyl (C=O) groups excluding carboxylic acids is 2. The lowest BCUT2D eigenvalue weighted by molar-refractivity contribution is 0.100. The number of nitrogens with one attached hydrogen (secondary N) is 1. The number of hydrogen-bond acceptors (Lipinski definition) is 4. The van der Waals surface area contributed by atoms with E-state index in [1.807, 2.05) is 0 Å². The fraction of sp³-hybridized carbons (Fsp3) is 0.300. The molecule has 0 spiro atoms. The van der Waals surface area contributed by atoms with Gasteiger partial charge >= 0.3 is 0 Å². The second-order valence-electron chi connectivity index (χ2n) is 6.98. The Morgan fingerprint density at radius 2 is 1.75 bits per heavy atom. The predicted molar refractivity (Wildman–Crippen MR) is 107 cm³/mol. The van der Waals surface area contributed by atoms with E-state index in [4.69, 9.17) is 5.73 Å². The van der Waals surface area contributed by atoms with Gasteiger partial charge in [-0.15, -0.1) is 0 Å². The highest BCUT2D eigenvalue weighted by Crippen LogP contribution is 2.24. The maximum absolute atomic E-state index is 12.9. The first kappa shape index (κ1) is 20.0. The monoisotopic (exact) mass is 401 g/mol. The zero-order valence-corrected chi connectivity index (χ0v) is 16.4. The molecule has 0 saturated carbocycles. The third-order valence-electron chi connectivity index (χ3n) is 4.92. The number of para-hydroxylation sites is 1. The Labute approximate surface area is 164 Å². The van der Waals surface area contributed by atoms with Crippen LogP contribution in [0.25, 0.3) is 0 Å². The zero-order valence-electron chi connectivity index (χ0n) is 15.6. The number of piperidine rings is 1. The average molecular weight is 401 g/mol. The molecule has 1 aliphatic rings. The van der Waals surface area contributed by atoms with E-state index in [2.05, 4.69) is 12.2 Å². The number of anilines is 1. The molecule has 3 rings (SSSR count). The first-order valence-corrected chi connectivity index (χ1v) is 10.5. The van der Waals surface area contributed by atoms with Gasteiger partial charge in [-0.1, -0.05) is 25.1 Å². The Hall–Kier alpha value is -2.71. The van der Waals surface area contributed by atoms with Crippen LogP contribution in [-0.2, 0) is 10.0 Å². The smallest absolute Gasteiger partial charge is 0.255 e. The van der Waals surface area contributed by atoms with Gasteiger partial charge in [-0.3, -0.25) is 9.59 Å². The third-order valence-corrected chi connectivity index (χ3v) is 6.81. The minimum atomic E-state index is -3.66. The molecule has 1 aliphatic heterocycles. The van der Waals surface area contributed by atoms with E-state index < -0.39 is 21.8 Å². The lowest BCUT2D eigenvalue weighted by atomic mass is 10.0. The van der Waals surface area contributed by atoms with Crippen molar-refractivity contribution >= 4 is 27.5 Å². The predicted octanol–water partition coefficient (Wildman–Crippen LogP) is 2.46. The topological polar surface area (TPSA) is 110 Å². The SMILES string of the molecule is CC1CCN(S(=O)(=O)c2cccc(C(=O)Nc3ccccc3C(N)=O)c2)CC1. The molecule has 0 radical (unpaired) electrons. The number of amides is 2. The third kappa shape index (κ3) is 4.23. The lowest BCUT2D eigenvalue weighted by Gasteiger charge is -2.29. The summed E-state index contributed by atoms with van der Waals surface area (Å²) in [4.78, 5) is 24.2. The number of primary amides is 1. The molecule has 2 aromatic carbocycles. The van der Waals surface area contributed by atoms with E-state index in [0.717, 1.165) is 12.8 Å². The fourth-order valence-electron chi connectivity index (χ4n) is 3.17. The van der Waals surface area contributed by atoms with E-state index in [0.29, 0.717) is 19.0 Å². The molecule has 0 unspecified atom stereocenters. The molecule has 1 saturated heterocycles. The first-order valence-electron chi connectivity index (χ1n) is 9.09. The normalized spacial score (nSPS) is 15.9. The Balaban J connectivity index is 1.83. The van der Waals surface area contributed by atoms with Crippen LogP contribution in [0.5, 0.6) is 0 Å². The fourth-order valence-corrected chi connectivity index (χ4v) is 4.69. The maximum Gasteiger partial charge on any atom is 0.255 e. The quantitative estimate of drug-likeness (QED) is 0.802. The molecule has 148 valence electrons. The van der Waals surface area contributed by atoms with Gasteiger partial charge in [-0.2, -0.15) is 4.31 Å².